The molecule has 0 aromatic heterocycles. The number of nitrogens with one attached hydrogen (secondary N) is 1. The lowest BCUT2D eigenvalue weighted by molar-refractivity contribution is -0.0149. The van der Waals surface area contributed by atoms with Crippen LogP contribution in [0.15, 0.2) is 42.5 Å². The fourth-order valence-electron chi connectivity index (χ4n) is 2.30. The van der Waals surface area contributed by atoms with Gasteiger partial charge in [-0.05, 0) is 49.6 Å². The van der Waals surface area contributed by atoms with Gasteiger partial charge in [-0.25, -0.2) is 4.39 Å². The van der Waals surface area contributed by atoms with Gasteiger partial charge < -0.3 is 14.8 Å². The third kappa shape index (κ3) is 5.95. The fourth-order valence-corrected chi connectivity index (χ4v) is 2.30. The predicted molar refractivity (Wildman–Crippen MR) is 94.5 cm³/mol. The highest BCUT2D eigenvalue weighted by molar-refractivity contribution is 5.29. The molecule has 0 spiro atoms. The molecule has 2 aromatic carbocycles. The lowest BCUT2D eigenvalue weighted by Crippen LogP contribution is -2.18. The van der Waals surface area contributed by atoms with Crippen molar-refractivity contribution >= 4 is 0 Å². The van der Waals surface area contributed by atoms with Crippen LogP contribution >= 0.6 is 0 Å². The molecule has 2 aromatic rings. The molecule has 130 valence electrons. The Kier molecular flexibility index (Phi) is 6.35. The Morgan fingerprint density at radius 1 is 0.958 bits per heavy atom. The normalized spacial score (nSPS) is 11.5. The summed E-state index contributed by atoms with van der Waals surface area (Å²) in [5.74, 6) is -0.0663. The van der Waals surface area contributed by atoms with Gasteiger partial charge in [-0.1, -0.05) is 30.3 Å². The SMILES string of the molecule is COc1ccc(CNCc2cccc(COC(C)(C)C)c2)cc1F. The Labute approximate surface area is 143 Å². The first-order chi connectivity index (χ1) is 11.4. The number of hydrogen-bond acceptors (Lipinski definition) is 3. The van der Waals surface area contributed by atoms with E-state index in [1.807, 2.05) is 32.9 Å². The van der Waals surface area contributed by atoms with Crippen LogP contribution in [0.5, 0.6) is 5.75 Å². The van der Waals surface area contributed by atoms with Crippen molar-refractivity contribution in [2.24, 2.45) is 0 Å². The maximum atomic E-state index is 13.7. The van der Waals surface area contributed by atoms with E-state index in [4.69, 9.17) is 9.47 Å². The first-order valence-corrected chi connectivity index (χ1v) is 8.12. The summed E-state index contributed by atoms with van der Waals surface area (Å²) in [6.07, 6.45) is 0. The van der Waals surface area contributed by atoms with Gasteiger partial charge in [-0.3, -0.25) is 0 Å². The van der Waals surface area contributed by atoms with Crippen LogP contribution in [0.2, 0.25) is 0 Å². The van der Waals surface area contributed by atoms with Gasteiger partial charge in [0.15, 0.2) is 11.6 Å². The molecule has 4 heteroatoms. The van der Waals surface area contributed by atoms with E-state index in [2.05, 4.69) is 23.5 Å². The fraction of sp³-hybridized carbons (Fsp3) is 0.400. The average Bonchev–Trinajstić information content (AvgIpc) is 2.53. The third-order valence-electron chi connectivity index (χ3n) is 3.54. The Hall–Kier alpha value is -1.91. The minimum Gasteiger partial charge on any atom is -0.494 e. The number of halogens is 1. The second kappa shape index (κ2) is 8.27. The summed E-state index contributed by atoms with van der Waals surface area (Å²) in [4.78, 5) is 0. The van der Waals surface area contributed by atoms with Crippen LogP contribution in [0, 0.1) is 5.82 Å². The maximum Gasteiger partial charge on any atom is 0.165 e. The van der Waals surface area contributed by atoms with Crippen molar-refractivity contribution < 1.29 is 13.9 Å². The highest BCUT2D eigenvalue weighted by Crippen LogP contribution is 2.18. The highest BCUT2D eigenvalue weighted by Gasteiger charge is 2.10. The van der Waals surface area contributed by atoms with Gasteiger partial charge in [0.25, 0.3) is 0 Å². The van der Waals surface area contributed by atoms with E-state index in [-0.39, 0.29) is 17.2 Å². The molecule has 0 saturated carbocycles. The molecule has 0 aliphatic carbocycles. The zero-order valence-electron chi connectivity index (χ0n) is 14.9. The lowest BCUT2D eigenvalue weighted by atomic mass is 10.1. The van der Waals surface area contributed by atoms with E-state index >= 15 is 0 Å². The summed E-state index contributed by atoms with van der Waals surface area (Å²) in [7, 11) is 1.46. The molecule has 24 heavy (non-hydrogen) atoms. The van der Waals surface area contributed by atoms with Crippen LogP contribution in [0.3, 0.4) is 0 Å². The second-order valence-electron chi connectivity index (χ2n) is 6.79. The first kappa shape index (κ1) is 18.4. The number of hydrogen-bond donors (Lipinski definition) is 1. The molecule has 1 N–H and O–H groups in total. The molecule has 0 aliphatic rings. The van der Waals surface area contributed by atoms with Crippen molar-refractivity contribution in [2.45, 2.75) is 46.1 Å². The predicted octanol–water partition coefficient (Wildman–Crippen LogP) is 4.44. The minimum atomic E-state index is -0.335. The third-order valence-corrected chi connectivity index (χ3v) is 3.54. The summed E-state index contributed by atoms with van der Waals surface area (Å²) >= 11 is 0. The topological polar surface area (TPSA) is 30.5 Å². The van der Waals surface area contributed by atoms with E-state index in [1.165, 1.54) is 18.7 Å². The van der Waals surface area contributed by atoms with E-state index in [0.717, 1.165) is 17.7 Å². The quantitative estimate of drug-likeness (QED) is 0.813. The Bertz CT molecular complexity index is 665. The minimum absolute atomic E-state index is 0.146. The Balaban J connectivity index is 1.87. The molecule has 0 heterocycles. The molecule has 0 unspecified atom stereocenters. The molecule has 0 radical (unpaired) electrons. The van der Waals surface area contributed by atoms with Crippen LogP contribution < -0.4 is 10.1 Å². The number of benzene rings is 2. The van der Waals surface area contributed by atoms with Crippen molar-refractivity contribution in [3.8, 4) is 5.75 Å². The molecular formula is C20H26FNO2. The summed E-state index contributed by atoms with van der Waals surface area (Å²) in [5, 5.41) is 3.33. The molecule has 2 rings (SSSR count). The standard InChI is InChI=1S/C20H26FNO2/c1-20(2,3)24-14-17-7-5-6-15(10-17)12-22-13-16-8-9-19(23-4)18(21)11-16/h5-11,22H,12-14H2,1-4H3. The molecule has 0 amide bonds. The lowest BCUT2D eigenvalue weighted by Gasteiger charge is -2.19. The summed E-state index contributed by atoms with van der Waals surface area (Å²) < 4.78 is 24.4. The van der Waals surface area contributed by atoms with Crippen LogP contribution in [-0.4, -0.2) is 12.7 Å². The zero-order chi connectivity index (χ0) is 17.6. The van der Waals surface area contributed by atoms with Crippen LogP contribution in [0.4, 0.5) is 4.39 Å². The maximum absolute atomic E-state index is 13.7. The molecular weight excluding hydrogens is 305 g/mol. The Morgan fingerprint density at radius 3 is 2.25 bits per heavy atom. The van der Waals surface area contributed by atoms with E-state index < -0.39 is 0 Å². The van der Waals surface area contributed by atoms with E-state index in [1.54, 1.807) is 6.07 Å². The van der Waals surface area contributed by atoms with Crippen LogP contribution in [0.1, 0.15) is 37.5 Å². The van der Waals surface area contributed by atoms with E-state index in [0.29, 0.717) is 13.2 Å². The smallest absolute Gasteiger partial charge is 0.165 e. The van der Waals surface area contributed by atoms with Crippen LogP contribution in [-0.2, 0) is 24.4 Å². The summed E-state index contributed by atoms with van der Waals surface area (Å²) in [6, 6.07) is 13.3. The van der Waals surface area contributed by atoms with Crippen molar-refractivity contribution in [1.29, 1.82) is 0 Å². The molecule has 0 aliphatic heterocycles. The average molecular weight is 331 g/mol. The summed E-state index contributed by atoms with van der Waals surface area (Å²) in [5.41, 5.74) is 3.08. The van der Waals surface area contributed by atoms with Crippen LogP contribution in [0.25, 0.3) is 0 Å². The van der Waals surface area contributed by atoms with Gasteiger partial charge in [-0.2, -0.15) is 0 Å². The Morgan fingerprint density at radius 2 is 1.62 bits per heavy atom. The molecule has 0 saturated heterocycles. The van der Waals surface area contributed by atoms with Crippen molar-refractivity contribution in [3.05, 3.63) is 65.0 Å². The highest BCUT2D eigenvalue weighted by atomic mass is 19.1. The number of methoxy groups -OCH3 is 1. The monoisotopic (exact) mass is 331 g/mol. The van der Waals surface area contributed by atoms with Gasteiger partial charge in [0, 0.05) is 13.1 Å². The van der Waals surface area contributed by atoms with Gasteiger partial charge in [0.05, 0.1) is 19.3 Å². The summed E-state index contributed by atoms with van der Waals surface area (Å²) in [6.45, 7) is 8.06. The van der Waals surface area contributed by atoms with Crippen molar-refractivity contribution in [3.63, 3.8) is 0 Å². The van der Waals surface area contributed by atoms with Gasteiger partial charge in [0.1, 0.15) is 0 Å². The first-order valence-electron chi connectivity index (χ1n) is 8.12. The molecule has 3 nitrogen and oxygen atoms in total. The van der Waals surface area contributed by atoms with Gasteiger partial charge in [-0.15, -0.1) is 0 Å². The number of rotatable bonds is 7. The molecule has 0 bridgehead atoms. The van der Waals surface area contributed by atoms with Gasteiger partial charge >= 0.3 is 0 Å². The molecule has 0 atom stereocenters. The second-order valence-corrected chi connectivity index (χ2v) is 6.79. The van der Waals surface area contributed by atoms with Crippen molar-refractivity contribution in [2.75, 3.05) is 7.11 Å². The number of ether oxygens (including phenoxy) is 2. The van der Waals surface area contributed by atoms with E-state index in [9.17, 15) is 4.39 Å². The largest absolute Gasteiger partial charge is 0.494 e. The zero-order valence-corrected chi connectivity index (χ0v) is 14.9. The van der Waals surface area contributed by atoms with Crippen molar-refractivity contribution in [1.82, 2.24) is 5.32 Å². The van der Waals surface area contributed by atoms with Gasteiger partial charge in [0.2, 0.25) is 0 Å². The molecule has 0 fully saturated rings.